The summed E-state index contributed by atoms with van der Waals surface area (Å²) < 4.78 is 0. The van der Waals surface area contributed by atoms with Crippen molar-refractivity contribution in [3.63, 3.8) is 0 Å². The van der Waals surface area contributed by atoms with Gasteiger partial charge < -0.3 is 15.2 Å². The third-order valence-corrected chi connectivity index (χ3v) is 5.72. The number of carbonyl (C=O) groups is 1. The zero-order valence-corrected chi connectivity index (χ0v) is 17.8. The van der Waals surface area contributed by atoms with Crippen molar-refractivity contribution in [2.75, 3.05) is 25.5 Å². The molecule has 2 N–H and O–H groups in total. The van der Waals surface area contributed by atoms with E-state index in [-0.39, 0.29) is 11.8 Å². The lowest BCUT2D eigenvalue weighted by Crippen LogP contribution is -2.29. The number of hydrogen-bond acceptors (Lipinski definition) is 2. The van der Waals surface area contributed by atoms with E-state index in [0.29, 0.717) is 17.1 Å². The molecule has 1 unspecified atom stereocenters. The van der Waals surface area contributed by atoms with E-state index in [1.807, 2.05) is 44.6 Å². The largest absolute Gasteiger partial charge is 0.378 e. The summed E-state index contributed by atoms with van der Waals surface area (Å²) in [6, 6.07) is 23.8. The first-order valence-electron chi connectivity index (χ1n) is 9.90. The van der Waals surface area contributed by atoms with Crippen LogP contribution >= 0.6 is 11.6 Å². The number of hydrogen-bond donors (Lipinski definition) is 2. The number of aromatic amines is 1. The van der Waals surface area contributed by atoms with Gasteiger partial charge in [0.25, 0.3) is 5.91 Å². The Morgan fingerprint density at radius 3 is 2.43 bits per heavy atom. The van der Waals surface area contributed by atoms with E-state index in [9.17, 15) is 4.79 Å². The third kappa shape index (κ3) is 4.05. The van der Waals surface area contributed by atoms with Crippen LogP contribution in [0.3, 0.4) is 0 Å². The van der Waals surface area contributed by atoms with Crippen LogP contribution in [-0.2, 0) is 0 Å². The Hall–Kier alpha value is -3.24. The molecule has 152 valence electrons. The van der Waals surface area contributed by atoms with Gasteiger partial charge in [0.05, 0.1) is 10.6 Å². The number of para-hydroxylation sites is 1. The predicted molar refractivity (Wildman–Crippen MR) is 125 cm³/mol. The minimum absolute atomic E-state index is 0.00352. The van der Waals surface area contributed by atoms with Crippen molar-refractivity contribution in [3.8, 4) is 0 Å². The molecular weight excluding hydrogens is 394 g/mol. The SMILES string of the molecule is CN(C)c1ccc(C(CNC(=O)c2ccccc2Cl)c2c[nH]c3ccccc23)cc1. The van der Waals surface area contributed by atoms with Gasteiger partial charge in [-0.05, 0) is 41.5 Å². The van der Waals surface area contributed by atoms with Gasteiger partial charge in [0, 0.05) is 49.3 Å². The molecule has 1 heterocycles. The van der Waals surface area contributed by atoms with E-state index in [1.54, 1.807) is 12.1 Å². The number of H-pyrrole nitrogens is 1. The highest BCUT2D eigenvalue weighted by Gasteiger charge is 2.20. The highest BCUT2D eigenvalue weighted by molar-refractivity contribution is 6.33. The molecule has 0 aliphatic heterocycles. The van der Waals surface area contributed by atoms with Crippen molar-refractivity contribution in [2.24, 2.45) is 0 Å². The zero-order valence-electron chi connectivity index (χ0n) is 17.0. The second-order valence-electron chi connectivity index (χ2n) is 7.52. The van der Waals surface area contributed by atoms with Gasteiger partial charge in [-0.2, -0.15) is 0 Å². The van der Waals surface area contributed by atoms with Gasteiger partial charge in [-0.3, -0.25) is 4.79 Å². The second-order valence-corrected chi connectivity index (χ2v) is 7.93. The topological polar surface area (TPSA) is 48.1 Å². The lowest BCUT2D eigenvalue weighted by Gasteiger charge is -2.20. The van der Waals surface area contributed by atoms with Gasteiger partial charge in [0.15, 0.2) is 0 Å². The van der Waals surface area contributed by atoms with E-state index in [2.05, 4.69) is 51.6 Å². The smallest absolute Gasteiger partial charge is 0.252 e. The fourth-order valence-corrected chi connectivity index (χ4v) is 3.95. The molecule has 4 aromatic rings. The molecule has 1 atom stereocenters. The number of nitrogens with one attached hydrogen (secondary N) is 2. The Bertz CT molecular complexity index is 1160. The Morgan fingerprint density at radius 2 is 1.70 bits per heavy atom. The number of amides is 1. The summed E-state index contributed by atoms with van der Waals surface area (Å²) in [5.74, 6) is -0.167. The first kappa shape index (κ1) is 20.0. The number of nitrogens with zero attached hydrogens (tertiary/aromatic N) is 1. The molecule has 0 aliphatic rings. The molecule has 0 spiro atoms. The molecule has 3 aromatic carbocycles. The van der Waals surface area contributed by atoms with Crippen molar-refractivity contribution >= 4 is 34.1 Å². The maximum atomic E-state index is 12.8. The summed E-state index contributed by atoms with van der Waals surface area (Å²) in [6.45, 7) is 0.465. The first-order valence-corrected chi connectivity index (χ1v) is 10.3. The maximum Gasteiger partial charge on any atom is 0.252 e. The molecule has 5 heteroatoms. The van der Waals surface area contributed by atoms with Gasteiger partial charge in [-0.25, -0.2) is 0 Å². The van der Waals surface area contributed by atoms with Crippen LogP contribution in [0, 0.1) is 0 Å². The van der Waals surface area contributed by atoms with E-state index in [0.717, 1.165) is 27.7 Å². The molecule has 0 aliphatic carbocycles. The molecule has 0 saturated carbocycles. The summed E-state index contributed by atoms with van der Waals surface area (Å²) in [7, 11) is 4.05. The quantitative estimate of drug-likeness (QED) is 0.438. The number of benzene rings is 3. The Kier molecular flexibility index (Phi) is 5.77. The van der Waals surface area contributed by atoms with Crippen molar-refractivity contribution in [1.29, 1.82) is 0 Å². The lowest BCUT2D eigenvalue weighted by molar-refractivity contribution is 0.0952. The molecular formula is C25H24ClN3O. The molecule has 4 nitrogen and oxygen atoms in total. The van der Waals surface area contributed by atoms with Gasteiger partial charge in [-0.1, -0.05) is 54.1 Å². The van der Waals surface area contributed by atoms with Crippen LogP contribution in [-0.4, -0.2) is 31.5 Å². The normalized spacial score (nSPS) is 12.0. The average Bonchev–Trinajstić information content (AvgIpc) is 3.18. The zero-order chi connectivity index (χ0) is 21.1. The minimum atomic E-state index is -0.171. The number of carbonyl (C=O) groups excluding carboxylic acids is 1. The van der Waals surface area contributed by atoms with E-state index in [1.165, 1.54) is 0 Å². The molecule has 4 rings (SSSR count). The lowest BCUT2D eigenvalue weighted by atomic mass is 9.90. The first-order chi connectivity index (χ1) is 14.5. The summed E-state index contributed by atoms with van der Waals surface area (Å²) in [4.78, 5) is 18.2. The summed E-state index contributed by atoms with van der Waals surface area (Å²) in [5.41, 5.74) is 5.00. The maximum absolute atomic E-state index is 12.8. The van der Waals surface area contributed by atoms with Gasteiger partial charge >= 0.3 is 0 Å². The minimum Gasteiger partial charge on any atom is -0.378 e. The highest BCUT2D eigenvalue weighted by atomic mass is 35.5. The molecule has 30 heavy (non-hydrogen) atoms. The van der Waals surface area contributed by atoms with Crippen LogP contribution in [0.5, 0.6) is 0 Å². The monoisotopic (exact) mass is 417 g/mol. The number of rotatable bonds is 6. The fraction of sp³-hybridized carbons (Fsp3) is 0.160. The van der Waals surface area contributed by atoms with Crippen LogP contribution in [0.15, 0.2) is 79.0 Å². The highest BCUT2D eigenvalue weighted by Crippen LogP contribution is 2.31. The summed E-state index contributed by atoms with van der Waals surface area (Å²) in [6.07, 6.45) is 2.04. The van der Waals surface area contributed by atoms with Crippen molar-refractivity contribution in [3.05, 3.63) is 101 Å². The Labute approximate surface area is 181 Å². The van der Waals surface area contributed by atoms with Gasteiger partial charge in [-0.15, -0.1) is 0 Å². The van der Waals surface area contributed by atoms with Crippen molar-refractivity contribution in [2.45, 2.75) is 5.92 Å². The van der Waals surface area contributed by atoms with Crippen LogP contribution < -0.4 is 10.2 Å². The van der Waals surface area contributed by atoms with Crippen LogP contribution in [0.4, 0.5) is 5.69 Å². The van der Waals surface area contributed by atoms with E-state index >= 15 is 0 Å². The number of anilines is 1. The predicted octanol–water partition coefficient (Wildman–Crippen LogP) is 5.45. The number of aromatic nitrogens is 1. The van der Waals surface area contributed by atoms with Crippen LogP contribution in [0.1, 0.15) is 27.4 Å². The Balaban J connectivity index is 1.67. The molecule has 0 radical (unpaired) electrons. The number of halogens is 1. The van der Waals surface area contributed by atoms with Crippen molar-refractivity contribution in [1.82, 2.24) is 10.3 Å². The van der Waals surface area contributed by atoms with Gasteiger partial charge in [0.1, 0.15) is 0 Å². The molecule has 0 fully saturated rings. The van der Waals surface area contributed by atoms with Crippen LogP contribution in [0.25, 0.3) is 10.9 Å². The molecule has 0 bridgehead atoms. The fourth-order valence-electron chi connectivity index (χ4n) is 3.73. The second kappa shape index (κ2) is 8.64. The Morgan fingerprint density at radius 1 is 1.00 bits per heavy atom. The molecule has 1 amide bonds. The summed E-state index contributed by atoms with van der Waals surface area (Å²) in [5, 5.41) is 4.69. The standard InChI is InChI=1S/C25H24ClN3O/c1-29(2)18-13-11-17(12-14-18)21(22-16-27-24-10-6-4-7-19(22)24)15-28-25(30)20-8-3-5-9-23(20)26/h3-14,16,21,27H,15H2,1-2H3,(H,28,30). The molecule has 1 aromatic heterocycles. The average molecular weight is 418 g/mol. The number of fused-ring (bicyclic) bond motifs is 1. The van der Waals surface area contributed by atoms with Crippen molar-refractivity contribution < 1.29 is 4.79 Å². The van der Waals surface area contributed by atoms with E-state index in [4.69, 9.17) is 11.6 Å². The third-order valence-electron chi connectivity index (χ3n) is 5.39. The molecule has 0 saturated heterocycles. The van der Waals surface area contributed by atoms with Crippen LogP contribution in [0.2, 0.25) is 5.02 Å². The van der Waals surface area contributed by atoms with Gasteiger partial charge in [0.2, 0.25) is 0 Å². The van der Waals surface area contributed by atoms with E-state index < -0.39 is 0 Å². The summed E-state index contributed by atoms with van der Waals surface area (Å²) >= 11 is 6.21.